The van der Waals surface area contributed by atoms with Gasteiger partial charge in [0, 0.05) is 5.56 Å². The molecule has 6 nitrogen and oxygen atoms in total. The van der Waals surface area contributed by atoms with Crippen molar-refractivity contribution in [3.63, 3.8) is 0 Å². The van der Waals surface area contributed by atoms with Crippen LogP contribution in [0.2, 0.25) is 0 Å². The number of rotatable bonds is 9. The molecule has 0 saturated heterocycles. The lowest BCUT2D eigenvalue weighted by molar-refractivity contribution is -0.142. The standard InChI is InChI=1S/C18H26N2O4S/c1-11(2)15(17(22)19-14(18(23)24)8-9-25-4)20-16(21)13-7-5-6-12(3)10-13/h5-7,10-11,14-15H,8-9H2,1-4H3,(H,19,22)(H,20,21)(H,23,24). The van der Waals surface area contributed by atoms with E-state index in [-0.39, 0.29) is 11.8 Å². The molecule has 25 heavy (non-hydrogen) atoms. The minimum Gasteiger partial charge on any atom is -0.480 e. The summed E-state index contributed by atoms with van der Waals surface area (Å²) in [4.78, 5) is 36.2. The van der Waals surface area contributed by atoms with Gasteiger partial charge in [-0.1, -0.05) is 31.5 Å². The van der Waals surface area contributed by atoms with Gasteiger partial charge in [0.15, 0.2) is 0 Å². The van der Waals surface area contributed by atoms with Crippen molar-refractivity contribution in [3.8, 4) is 0 Å². The molecule has 0 aliphatic heterocycles. The predicted octanol–water partition coefficient (Wildman–Crippen LogP) is 2.07. The van der Waals surface area contributed by atoms with Crippen molar-refractivity contribution < 1.29 is 19.5 Å². The van der Waals surface area contributed by atoms with Crippen molar-refractivity contribution in [1.82, 2.24) is 10.6 Å². The first-order valence-corrected chi connectivity index (χ1v) is 9.55. The van der Waals surface area contributed by atoms with Crippen molar-refractivity contribution in [2.45, 2.75) is 39.3 Å². The molecule has 0 heterocycles. The molecule has 2 unspecified atom stereocenters. The molecule has 1 rings (SSSR count). The number of aryl methyl sites for hydroxylation is 1. The predicted molar refractivity (Wildman–Crippen MR) is 99.8 cm³/mol. The van der Waals surface area contributed by atoms with E-state index in [4.69, 9.17) is 0 Å². The smallest absolute Gasteiger partial charge is 0.326 e. The molecule has 138 valence electrons. The van der Waals surface area contributed by atoms with E-state index in [0.29, 0.717) is 17.7 Å². The van der Waals surface area contributed by atoms with Crippen LogP contribution in [0.15, 0.2) is 24.3 Å². The Morgan fingerprint density at radius 1 is 1.20 bits per heavy atom. The number of amides is 2. The molecule has 0 bridgehead atoms. The van der Waals surface area contributed by atoms with Crippen LogP contribution in [0.25, 0.3) is 0 Å². The van der Waals surface area contributed by atoms with E-state index in [2.05, 4.69) is 10.6 Å². The molecule has 0 aliphatic carbocycles. The zero-order chi connectivity index (χ0) is 19.0. The molecule has 0 saturated carbocycles. The minimum atomic E-state index is -1.07. The number of aliphatic carboxylic acids is 1. The van der Waals surface area contributed by atoms with Crippen molar-refractivity contribution in [2.24, 2.45) is 5.92 Å². The Kier molecular flexibility index (Phi) is 8.48. The van der Waals surface area contributed by atoms with Crippen LogP contribution in [0.4, 0.5) is 0 Å². The maximum Gasteiger partial charge on any atom is 0.326 e. The Hall–Kier alpha value is -2.02. The average molecular weight is 366 g/mol. The first kappa shape index (κ1) is 21.0. The number of carbonyl (C=O) groups excluding carboxylic acids is 2. The summed E-state index contributed by atoms with van der Waals surface area (Å²) >= 11 is 1.51. The fourth-order valence-corrected chi connectivity index (χ4v) is 2.77. The molecular formula is C18H26N2O4S. The van der Waals surface area contributed by atoms with Crippen LogP contribution in [0, 0.1) is 12.8 Å². The first-order chi connectivity index (χ1) is 11.8. The molecule has 1 aromatic carbocycles. The Labute approximate surface area is 152 Å². The summed E-state index contributed by atoms with van der Waals surface area (Å²) in [5.41, 5.74) is 1.41. The van der Waals surface area contributed by atoms with Gasteiger partial charge in [0.25, 0.3) is 5.91 Å². The third-order valence-corrected chi connectivity index (χ3v) is 4.39. The van der Waals surface area contributed by atoms with E-state index in [0.717, 1.165) is 5.56 Å². The summed E-state index contributed by atoms with van der Waals surface area (Å²) in [5, 5.41) is 14.5. The summed E-state index contributed by atoms with van der Waals surface area (Å²) in [5.74, 6) is -1.46. The quantitative estimate of drug-likeness (QED) is 0.622. The SMILES string of the molecule is CSCCC(NC(=O)C(NC(=O)c1cccc(C)c1)C(C)C)C(=O)O. The van der Waals surface area contributed by atoms with Crippen molar-refractivity contribution in [3.05, 3.63) is 35.4 Å². The number of thioether (sulfide) groups is 1. The molecule has 0 aromatic heterocycles. The Bertz CT molecular complexity index is 619. The van der Waals surface area contributed by atoms with Crippen LogP contribution >= 0.6 is 11.8 Å². The van der Waals surface area contributed by atoms with Crippen LogP contribution < -0.4 is 10.6 Å². The van der Waals surface area contributed by atoms with Gasteiger partial charge in [-0.3, -0.25) is 9.59 Å². The fraction of sp³-hybridized carbons (Fsp3) is 0.500. The van der Waals surface area contributed by atoms with Crippen LogP contribution in [-0.4, -0.2) is 47.0 Å². The summed E-state index contributed by atoms with van der Waals surface area (Å²) in [7, 11) is 0. The molecule has 0 radical (unpaired) electrons. The number of benzene rings is 1. The monoisotopic (exact) mass is 366 g/mol. The topological polar surface area (TPSA) is 95.5 Å². The second-order valence-corrected chi connectivity index (χ2v) is 7.23. The summed E-state index contributed by atoms with van der Waals surface area (Å²) in [6.45, 7) is 5.49. The van der Waals surface area contributed by atoms with Crippen LogP contribution in [-0.2, 0) is 9.59 Å². The maximum atomic E-state index is 12.5. The number of carboxylic acid groups (broad SMARTS) is 1. The second kappa shape index (κ2) is 10.1. The summed E-state index contributed by atoms with van der Waals surface area (Å²) in [6.07, 6.45) is 2.21. The summed E-state index contributed by atoms with van der Waals surface area (Å²) < 4.78 is 0. The van der Waals surface area contributed by atoms with E-state index >= 15 is 0 Å². The lowest BCUT2D eigenvalue weighted by Crippen LogP contribution is -2.53. The molecular weight excluding hydrogens is 340 g/mol. The van der Waals surface area contributed by atoms with Crippen molar-refractivity contribution in [2.75, 3.05) is 12.0 Å². The average Bonchev–Trinajstić information content (AvgIpc) is 2.55. The van der Waals surface area contributed by atoms with Gasteiger partial charge in [-0.25, -0.2) is 4.79 Å². The first-order valence-electron chi connectivity index (χ1n) is 8.16. The van der Waals surface area contributed by atoms with E-state index in [9.17, 15) is 19.5 Å². The highest BCUT2D eigenvalue weighted by molar-refractivity contribution is 7.98. The zero-order valence-corrected chi connectivity index (χ0v) is 15.9. The Balaban J connectivity index is 2.82. The Morgan fingerprint density at radius 3 is 2.40 bits per heavy atom. The van der Waals surface area contributed by atoms with Gasteiger partial charge in [-0.15, -0.1) is 0 Å². The minimum absolute atomic E-state index is 0.177. The van der Waals surface area contributed by atoms with Gasteiger partial charge in [-0.05, 0) is 43.4 Å². The maximum absolute atomic E-state index is 12.5. The van der Waals surface area contributed by atoms with Gasteiger partial charge in [0.2, 0.25) is 5.91 Å². The second-order valence-electron chi connectivity index (χ2n) is 6.25. The largest absolute Gasteiger partial charge is 0.480 e. The van der Waals surface area contributed by atoms with Crippen LogP contribution in [0.5, 0.6) is 0 Å². The molecule has 2 atom stereocenters. The summed E-state index contributed by atoms with van der Waals surface area (Å²) in [6, 6.07) is 5.31. The van der Waals surface area contributed by atoms with Gasteiger partial charge in [0.1, 0.15) is 12.1 Å². The van der Waals surface area contributed by atoms with E-state index in [1.807, 2.05) is 19.2 Å². The highest BCUT2D eigenvalue weighted by atomic mass is 32.2. The van der Waals surface area contributed by atoms with Gasteiger partial charge >= 0.3 is 5.97 Å². The zero-order valence-electron chi connectivity index (χ0n) is 15.0. The number of hydrogen-bond acceptors (Lipinski definition) is 4. The lowest BCUT2D eigenvalue weighted by atomic mass is 10.0. The molecule has 0 fully saturated rings. The third kappa shape index (κ3) is 6.78. The van der Waals surface area contributed by atoms with E-state index in [1.54, 1.807) is 32.0 Å². The van der Waals surface area contributed by atoms with Gasteiger partial charge < -0.3 is 15.7 Å². The normalized spacial score (nSPS) is 13.2. The fourth-order valence-electron chi connectivity index (χ4n) is 2.30. The lowest BCUT2D eigenvalue weighted by Gasteiger charge is -2.24. The molecule has 1 aromatic rings. The highest BCUT2D eigenvalue weighted by Crippen LogP contribution is 2.09. The number of carbonyl (C=O) groups is 3. The molecule has 0 spiro atoms. The molecule has 0 aliphatic rings. The van der Waals surface area contributed by atoms with Crippen LogP contribution in [0.3, 0.4) is 0 Å². The number of hydrogen-bond donors (Lipinski definition) is 3. The van der Waals surface area contributed by atoms with Crippen LogP contribution in [0.1, 0.15) is 36.2 Å². The molecule has 3 N–H and O–H groups in total. The van der Waals surface area contributed by atoms with E-state index < -0.39 is 24.0 Å². The Morgan fingerprint density at radius 2 is 1.88 bits per heavy atom. The van der Waals surface area contributed by atoms with Gasteiger partial charge in [-0.2, -0.15) is 11.8 Å². The van der Waals surface area contributed by atoms with Crippen molar-refractivity contribution >= 4 is 29.5 Å². The van der Waals surface area contributed by atoms with Gasteiger partial charge in [0.05, 0.1) is 0 Å². The number of carboxylic acids is 1. The van der Waals surface area contributed by atoms with E-state index in [1.165, 1.54) is 11.8 Å². The third-order valence-electron chi connectivity index (χ3n) is 3.74. The molecule has 2 amide bonds. The van der Waals surface area contributed by atoms with Crippen molar-refractivity contribution in [1.29, 1.82) is 0 Å². The molecule has 7 heteroatoms. The number of nitrogens with one attached hydrogen (secondary N) is 2. The highest BCUT2D eigenvalue weighted by Gasteiger charge is 2.28.